The highest BCUT2D eigenvalue weighted by atomic mass is 16.5. The number of aryl methyl sites for hydroxylation is 1. The molecule has 0 aliphatic carbocycles. The molecule has 1 atom stereocenters. The van der Waals surface area contributed by atoms with Crippen LogP contribution in [-0.2, 0) is 13.5 Å². The van der Waals surface area contributed by atoms with Crippen LogP contribution in [-0.4, -0.2) is 37.6 Å². The maximum absolute atomic E-state index is 6.36. The van der Waals surface area contributed by atoms with E-state index in [1.807, 2.05) is 55.8 Å². The molecule has 8 nitrogen and oxygen atoms in total. The Balaban J connectivity index is 1.34. The van der Waals surface area contributed by atoms with Gasteiger partial charge in [0.15, 0.2) is 0 Å². The van der Waals surface area contributed by atoms with Gasteiger partial charge >= 0.3 is 0 Å². The molecule has 4 aromatic heterocycles. The second kappa shape index (κ2) is 9.75. The van der Waals surface area contributed by atoms with Gasteiger partial charge in [-0.05, 0) is 41.8 Å². The Morgan fingerprint density at radius 2 is 1.89 bits per heavy atom. The van der Waals surface area contributed by atoms with Gasteiger partial charge < -0.3 is 14.9 Å². The van der Waals surface area contributed by atoms with Crippen molar-refractivity contribution in [1.29, 1.82) is 0 Å². The Kier molecular flexibility index (Phi) is 6.00. The van der Waals surface area contributed by atoms with Gasteiger partial charge in [0.25, 0.3) is 0 Å². The summed E-state index contributed by atoms with van der Waals surface area (Å²) in [5.74, 6) is 0.658. The normalized spacial score (nSPS) is 12.2. The van der Waals surface area contributed by atoms with Gasteiger partial charge in [-0.25, -0.2) is 0 Å². The number of hydrogen-bond donors (Lipinski definition) is 2. The molecule has 8 heteroatoms. The van der Waals surface area contributed by atoms with Crippen LogP contribution in [0.25, 0.3) is 44.5 Å². The van der Waals surface area contributed by atoms with E-state index in [1.54, 1.807) is 23.4 Å². The van der Waals surface area contributed by atoms with Gasteiger partial charge in [-0.2, -0.15) is 10.2 Å². The molecule has 0 saturated heterocycles. The van der Waals surface area contributed by atoms with Crippen LogP contribution in [0.4, 0.5) is 0 Å². The number of furan rings is 1. The summed E-state index contributed by atoms with van der Waals surface area (Å²) in [7, 11) is 1.89. The molecule has 0 aliphatic heterocycles. The molecule has 6 aromatic rings. The second-order valence-corrected chi connectivity index (χ2v) is 9.08. The number of nitrogens with zero attached hydrogens (tertiary/aromatic N) is 4. The maximum atomic E-state index is 6.36. The summed E-state index contributed by atoms with van der Waals surface area (Å²) in [4.78, 5) is 4.75. The van der Waals surface area contributed by atoms with Crippen molar-refractivity contribution < 1.29 is 9.15 Å². The molecular formula is C29H26N6O2. The Bertz CT molecular complexity index is 1640. The molecular weight excluding hydrogens is 464 g/mol. The largest absolute Gasteiger partial charge is 0.490 e. The summed E-state index contributed by atoms with van der Waals surface area (Å²) in [6.07, 6.45) is 9.58. The number of fused-ring (bicyclic) bond motifs is 1. The fourth-order valence-corrected chi connectivity index (χ4v) is 4.50. The predicted molar refractivity (Wildman–Crippen MR) is 143 cm³/mol. The fraction of sp³-hybridized carbons (Fsp3) is 0.138. The van der Waals surface area contributed by atoms with Crippen molar-refractivity contribution in [2.75, 3.05) is 6.61 Å². The lowest BCUT2D eigenvalue weighted by atomic mass is 9.98. The monoisotopic (exact) mass is 490 g/mol. The minimum Gasteiger partial charge on any atom is -0.490 e. The first kappa shape index (κ1) is 22.8. The number of pyridine rings is 1. The average Bonchev–Trinajstić information content (AvgIpc) is 3.69. The lowest BCUT2D eigenvalue weighted by Crippen LogP contribution is -2.30. The van der Waals surface area contributed by atoms with Gasteiger partial charge in [0.2, 0.25) is 0 Å². The van der Waals surface area contributed by atoms with Gasteiger partial charge in [-0.3, -0.25) is 14.8 Å². The van der Waals surface area contributed by atoms with Crippen molar-refractivity contribution in [3.05, 3.63) is 97.3 Å². The van der Waals surface area contributed by atoms with Crippen LogP contribution in [0.3, 0.4) is 0 Å². The van der Waals surface area contributed by atoms with Crippen LogP contribution < -0.4 is 10.5 Å². The second-order valence-electron chi connectivity index (χ2n) is 9.08. The van der Waals surface area contributed by atoms with Crippen LogP contribution in [0.5, 0.6) is 5.75 Å². The van der Waals surface area contributed by atoms with E-state index in [1.165, 1.54) is 5.56 Å². The smallest absolute Gasteiger partial charge is 0.138 e. The zero-order chi connectivity index (χ0) is 25.2. The van der Waals surface area contributed by atoms with E-state index < -0.39 is 0 Å². The van der Waals surface area contributed by atoms with Crippen molar-refractivity contribution in [2.24, 2.45) is 12.8 Å². The van der Waals surface area contributed by atoms with E-state index in [2.05, 4.69) is 39.6 Å². The van der Waals surface area contributed by atoms with Gasteiger partial charge in [0.05, 0.1) is 36.1 Å². The average molecular weight is 491 g/mol. The molecule has 0 fully saturated rings. The minimum atomic E-state index is -0.135. The third-order valence-corrected chi connectivity index (χ3v) is 6.31. The van der Waals surface area contributed by atoms with Crippen LogP contribution >= 0.6 is 0 Å². The number of H-pyrrole nitrogens is 1. The lowest BCUT2D eigenvalue weighted by molar-refractivity contribution is 0.287. The number of benzene rings is 2. The summed E-state index contributed by atoms with van der Waals surface area (Å²) in [5, 5.41) is 13.0. The third-order valence-electron chi connectivity index (χ3n) is 6.31. The number of aromatic nitrogens is 5. The predicted octanol–water partition coefficient (Wildman–Crippen LogP) is 5.23. The fourth-order valence-electron chi connectivity index (χ4n) is 4.50. The molecule has 0 bridgehead atoms. The lowest BCUT2D eigenvalue weighted by Gasteiger charge is -2.15. The molecule has 0 spiro atoms. The molecule has 184 valence electrons. The Morgan fingerprint density at radius 3 is 2.68 bits per heavy atom. The Morgan fingerprint density at radius 1 is 1.00 bits per heavy atom. The first-order chi connectivity index (χ1) is 18.1. The zero-order valence-electron chi connectivity index (χ0n) is 20.3. The molecule has 0 saturated carbocycles. The van der Waals surface area contributed by atoms with Gasteiger partial charge in [0.1, 0.15) is 18.1 Å². The quantitative estimate of drug-likeness (QED) is 0.302. The summed E-state index contributed by atoms with van der Waals surface area (Å²) in [6, 6.07) is 20.2. The SMILES string of the molecule is Cn1cc(-c2n[nH]c3ccc(-c4cc(OC[C@@H](N)Cc5ccccc5)cnc4-c4ccoc4)cc23)cn1. The zero-order valence-corrected chi connectivity index (χ0v) is 20.3. The standard InChI is InChI=1S/C29H26N6O2/c1-35-16-22(14-32-35)29-26-12-20(7-8-27(26)33-34-29)25-13-24(15-31-28(25)21-9-10-36-17-21)37-18-23(30)11-19-5-3-2-4-6-19/h2-10,12-17,23H,11,18,30H2,1H3,(H,33,34)/t23-/m0/s1. The molecule has 37 heavy (non-hydrogen) atoms. The highest BCUT2D eigenvalue weighted by Crippen LogP contribution is 2.36. The van der Waals surface area contributed by atoms with Gasteiger partial charge in [-0.1, -0.05) is 36.4 Å². The molecule has 6 rings (SSSR count). The van der Waals surface area contributed by atoms with Crippen molar-refractivity contribution in [1.82, 2.24) is 25.0 Å². The Labute approximate surface area is 213 Å². The molecule has 4 heterocycles. The van der Waals surface area contributed by atoms with Crippen molar-refractivity contribution >= 4 is 10.9 Å². The maximum Gasteiger partial charge on any atom is 0.138 e. The summed E-state index contributed by atoms with van der Waals surface area (Å²) in [5.41, 5.74) is 13.9. The molecule has 2 aromatic carbocycles. The van der Waals surface area contributed by atoms with E-state index in [-0.39, 0.29) is 6.04 Å². The van der Waals surface area contributed by atoms with E-state index >= 15 is 0 Å². The number of rotatable bonds is 8. The van der Waals surface area contributed by atoms with E-state index in [9.17, 15) is 0 Å². The van der Waals surface area contributed by atoms with Crippen LogP contribution in [0.1, 0.15) is 5.56 Å². The van der Waals surface area contributed by atoms with Crippen LogP contribution in [0.2, 0.25) is 0 Å². The van der Waals surface area contributed by atoms with Crippen molar-refractivity contribution in [3.63, 3.8) is 0 Å². The molecule has 0 radical (unpaired) electrons. The van der Waals surface area contributed by atoms with E-state index in [0.29, 0.717) is 12.4 Å². The van der Waals surface area contributed by atoms with E-state index in [4.69, 9.17) is 19.9 Å². The topological polar surface area (TPSA) is 108 Å². The van der Waals surface area contributed by atoms with Gasteiger partial charge in [0, 0.05) is 41.4 Å². The van der Waals surface area contributed by atoms with Crippen molar-refractivity contribution in [2.45, 2.75) is 12.5 Å². The first-order valence-corrected chi connectivity index (χ1v) is 12.1. The minimum absolute atomic E-state index is 0.135. The summed E-state index contributed by atoms with van der Waals surface area (Å²) in [6.45, 7) is 0.382. The molecule has 3 N–H and O–H groups in total. The number of hydrogen-bond acceptors (Lipinski definition) is 6. The molecule has 0 amide bonds. The molecule has 0 aliphatic rings. The molecule has 0 unspecified atom stereocenters. The van der Waals surface area contributed by atoms with Crippen LogP contribution in [0, 0.1) is 0 Å². The third kappa shape index (κ3) is 4.74. The number of nitrogens with two attached hydrogens (primary N) is 1. The number of ether oxygens (including phenoxy) is 1. The van der Waals surface area contributed by atoms with Crippen LogP contribution in [0.15, 0.2) is 96.2 Å². The summed E-state index contributed by atoms with van der Waals surface area (Å²) >= 11 is 0. The number of nitrogens with one attached hydrogen (secondary N) is 1. The highest BCUT2D eigenvalue weighted by Gasteiger charge is 2.16. The Hall–Kier alpha value is -4.69. The summed E-state index contributed by atoms with van der Waals surface area (Å²) < 4.78 is 13.2. The first-order valence-electron chi connectivity index (χ1n) is 12.1. The van der Waals surface area contributed by atoms with Gasteiger partial charge in [-0.15, -0.1) is 0 Å². The number of aromatic amines is 1. The van der Waals surface area contributed by atoms with E-state index in [0.717, 1.165) is 51.0 Å². The highest BCUT2D eigenvalue weighted by molar-refractivity contribution is 5.96. The van der Waals surface area contributed by atoms with Crippen molar-refractivity contribution in [3.8, 4) is 39.4 Å².